The van der Waals surface area contributed by atoms with Crippen LogP contribution in [0.2, 0.25) is 0 Å². The summed E-state index contributed by atoms with van der Waals surface area (Å²) in [7, 11) is 0. The Hall–Kier alpha value is -3.14. The molecule has 0 fully saturated rings. The van der Waals surface area contributed by atoms with Crippen LogP contribution in [0, 0.1) is 0 Å². The lowest BCUT2D eigenvalue weighted by Gasteiger charge is -2.14. The van der Waals surface area contributed by atoms with Gasteiger partial charge in [-0.1, -0.05) is 42.1 Å². The van der Waals surface area contributed by atoms with Crippen LogP contribution < -0.4 is 5.32 Å². The van der Waals surface area contributed by atoms with Crippen molar-refractivity contribution in [1.29, 1.82) is 0 Å². The molecule has 0 heterocycles. The molecule has 9 nitrogen and oxygen atoms in total. The molecule has 1 atom stereocenters. The first-order valence-electron chi connectivity index (χ1n) is 10.0. The van der Waals surface area contributed by atoms with Gasteiger partial charge in [-0.3, -0.25) is 19.2 Å². The first kappa shape index (κ1) is 26.9. The maximum absolute atomic E-state index is 12.5. The van der Waals surface area contributed by atoms with E-state index >= 15 is 0 Å². The van der Waals surface area contributed by atoms with E-state index < -0.39 is 29.7 Å². The Bertz CT molecular complexity index is 838. The zero-order valence-corrected chi connectivity index (χ0v) is 18.8. The van der Waals surface area contributed by atoms with E-state index in [1.807, 2.05) is 0 Å². The highest BCUT2D eigenvalue weighted by Crippen LogP contribution is 2.14. The van der Waals surface area contributed by atoms with Gasteiger partial charge in [-0.2, -0.15) is 0 Å². The molecule has 1 aromatic rings. The quantitative estimate of drug-likeness (QED) is 0.311. The van der Waals surface area contributed by atoms with E-state index in [1.165, 1.54) is 0 Å². The molecular weight excluding hydrogens is 438 g/mol. The van der Waals surface area contributed by atoms with Gasteiger partial charge in [0.1, 0.15) is 6.04 Å². The van der Waals surface area contributed by atoms with Crippen LogP contribution in [0.4, 0.5) is 0 Å². The lowest BCUT2D eigenvalue weighted by atomic mass is 10.0. The Morgan fingerprint density at radius 2 is 1.62 bits per heavy atom. The molecule has 1 rings (SSSR count). The number of carbonyl (C=O) groups excluding carboxylic acids is 4. The average Bonchev–Trinajstić information content (AvgIpc) is 2.77. The smallest absolute Gasteiger partial charge is 0.326 e. The predicted octanol–water partition coefficient (Wildman–Crippen LogP) is 2.35. The van der Waals surface area contributed by atoms with E-state index in [1.54, 1.807) is 44.2 Å². The van der Waals surface area contributed by atoms with E-state index in [-0.39, 0.29) is 48.9 Å². The number of benzene rings is 1. The summed E-state index contributed by atoms with van der Waals surface area (Å²) in [5.74, 6) is -3.07. The fraction of sp³-hybridized carbons (Fsp3) is 0.409. The van der Waals surface area contributed by atoms with Crippen molar-refractivity contribution in [2.45, 2.75) is 39.2 Å². The van der Waals surface area contributed by atoms with Crippen LogP contribution in [0.3, 0.4) is 0 Å². The molecule has 0 aliphatic heterocycles. The minimum absolute atomic E-state index is 0.0293. The third-order valence-electron chi connectivity index (χ3n) is 4.01. The van der Waals surface area contributed by atoms with Crippen LogP contribution in [0.25, 0.3) is 0 Å². The number of ether oxygens (including phenoxy) is 2. The SMILES string of the molecule is CCOC(=O)CCC(=O)/C(=C\NC(CSC(=O)c1ccccc1)C(=O)O)CC(=O)OCC. The van der Waals surface area contributed by atoms with Gasteiger partial charge >= 0.3 is 17.9 Å². The van der Waals surface area contributed by atoms with E-state index in [9.17, 15) is 29.1 Å². The van der Waals surface area contributed by atoms with E-state index in [0.717, 1.165) is 18.0 Å². The number of hydrogen-bond acceptors (Lipinski definition) is 9. The minimum atomic E-state index is -1.23. The number of Topliss-reactive ketones (excluding diaryl/α,β-unsaturated/α-hetero) is 1. The molecule has 0 saturated carbocycles. The van der Waals surface area contributed by atoms with Gasteiger partial charge in [0.05, 0.1) is 26.1 Å². The number of carbonyl (C=O) groups is 5. The van der Waals surface area contributed by atoms with Crippen molar-refractivity contribution in [3.63, 3.8) is 0 Å². The normalized spacial score (nSPS) is 11.9. The molecule has 1 aromatic carbocycles. The standard InChI is InChI=1S/C22H27NO8S/c1-3-30-19(25)11-10-18(24)16(12-20(26)31-4-2)13-23-17(21(27)28)14-32-22(29)15-8-6-5-7-9-15/h5-9,13,17,23H,3-4,10-12,14H2,1-2H3,(H,27,28)/b16-13-. The molecule has 0 spiro atoms. The van der Waals surface area contributed by atoms with Crippen LogP contribution in [0.1, 0.15) is 43.5 Å². The molecule has 0 radical (unpaired) electrons. The van der Waals surface area contributed by atoms with Crippen LogP contribution in [0.5, 0.6) is 0 Å². The number of carboxylic acids is 1. The molecule has 0 bridgehead atoms. The number of esters is 2. The molecule has 32 heavy (non-hydrogen) atoms. The van der Waals surface area contributed by atoms with Crippen LogP contribution in [-0.2, 0) is 28.7 Å². The zero-order chi connectivity index (χ0) is 23.9. The predicted molar refractivity (Wildman–Crippen MR) is 118 cm³/mol. The monoisotopic (exact) mass is 465 g/mol. The van der Waals surface area contributed by atoms with Gasteiger partial charge < -0.3 is 19.9 Å². The second kappa shape index (κ2) is 14.8. The first-order valence-corrected chi connectivity index (χ1v) is 11.0. The lowest BCUT2D eigenvalue weighted by Crippen LogP contribution is -2.36. The second-order valence-electron chi connectivity index (χ2n) is 6.40. The number of aliphatic carboxylic acids is 1. The van der Waals surface area contributed by atoms with E-state index in [2.05, 4.69) is 5.32 Å². The molecule has 0 aliphatic rings. The van der Waals surface area contributed by atoms with Crippen molar-refractivity contribution >= 4 is 40.6 Å². The summed E-state index contributed by atoms with van der Waals surface area (Å²) < 4.78 is 9.63. The summed E-state index contributed by atoms with van der Waals surface area (Å²) in [6, 6.07) is 7.22. The first-order chi connectivity index (χ1) is 15.3. The lowest BCUT2D eigenvalue weighted by molar-refractivity contribution is -0.144. The number of rotatable bonds is 14. The molecular formula is C22H27NO8S. The van der Waals surface area contributed by atoms with Crippen molar-refractivity contribution in [2.75, 3.05) is 19.0 Å². The summed E-state index contributed by atoms with van der Waals surface area (Å²) in [5, 5.41) is 11.8. The van der Waals surface area contributed by atoms with Crippen LogP contribution in [-0.4, -0.2) is 58.9 Å². The Labute approximate surface area is 190 Å². The highest BCUT2D eigenvalue weighted by molar-refractivity contribution is 8.14. The number of nitrogens with one attached hydrogen (secondary N) is 1. The van der Waals surface area contributed by atoms with Gasteiger partial charge in [0.25, 0.3) is 0 Å². The largest absolute Gasteiger partial charge is 0.480 e. The third kappa shape index (κ3) is 10.3. The molecule has 0 amide bonds. The fourth-order valence-corrected chi connectivity index (χ4v) is 3.27. The van der Waals surface area contributed by atoms with Crippen molar-refractivity contribution < 1.29 is 38.6 Å². The van der Waals surface area contributed by atoms with Gasteiger partial charge in [-0.25, -0.2) is 4.79 Å². The highest BCUT2D eigenvalue weighted by atomic mass is 32.2. The molecule has 10 heteroatoms. The molecule has 2 N–H and O–H groups in total. The van der Waals surface area contributed by atoms with Crippen molar-refractivity contribution in [3.8, 4) is 0 Å². The molecule has 1 unspecified atom stereocenters. The number of thioether (sulfide) groups is 1. The molecule has 0 aromatic heterocycles. The second-order valence-corrected chi connectivity index (χ2v) is 7.39. The highest BCUT2D eigenvalue weighted by Gasteiger charge is 2.21. The summed E-state index contributed by atoms with van der Waals surface area (Å²) >= 11 is 0.818. The van der Waals surface area contributed by atoms with Crippen molar-refractivity contribution in [1.82, 2.24) is 5.32 Å². The number of carboxylic acid groups (broad SMARTS) is 1. The topological polar surface area (TPSA) is 136 Å². The summed E-state index contributed by atoms with van der Waals surface area (Å²) in [5.41, 5.74) is 0.410. The Kier molecular flexibility index (Phi) is 12.4. The number of hydrogen-bond donors (Lipinski definition) is 2. The third-order valence-corrected chi connectivity index (χ3v) is 5.01. The Balaban J connectivity index is 2.84. The average molecular weight is 466 g/mol. The van der Waals surface area contributed by atoms with Crippen molar-refractivity contribution in [3.05, 3.63) is 47.7 Å². The maximum atomic E-state index is 12.5. The van der Waals surface area contributed by atoms with Gasteiger partial charge in [0, 0.05) is 29.5 Å². The summed E-state index contributed by atoms with van der Waals surface area (Å²) in [6.07, 6.45) is 0.378. The molecule has 0 saturated heterocycles. The van der Waals surface area contributed by atoms with E-state index in [0.29, 0.717) is 5.56 Å². The zero-order valence-electron chi connectivity index (χ0n) is 18.0. The molecule has 174 valence electrons. The Morgan fingerprint density at radius 3 is 2.22 bits per heavy atom. The van der Waals surface area contributed by atoms with Gasteiger partial charge in [0.15, 0.2) is 5.78 Å². The van der Waals surface area contributed by atoms with E-state index in [4.69, 9.17) is 9.47 Å². The summed E-state index contributed by atoms with van der Waals surface area (Å²) in [6.45, 7) is 3.55. The van der Waals surface area contributed by atoms with Crippen LogP contribution >= 0.6 is 11.8 Å². The van der Waals surface area contributed by atoms with Gasteiger partial charge in [-0.15, -0.1) is 0 Å². The Morgan fingerprint density at radius 1 is 1.00 bits per heavy atom. The van der Waals surface area contributed by atoms with Gasteiger partial charge in [-0.05, 0) is 13.8 Å². The minimum Gasteiger partial charge on any atom is -0.480 e. The molecule has 0 aliphatic carbocycles. The fourth-order valence-electron chi connectivity index (χ4n) is 2.42. The number of ketones is 1. The summed E-state index contributed by atoms with van der Waals surface area (Å²) in [4.78, 5) is 59.6. The van der Waals surface area contributed by atoms with Crippen LogP contribution in [0.15, 0.2) is 42.1 Å². The van der Waals surface area contributed by atoms with Gasteiger partial charge in [0.2, 0.25) is 5.12 Å². The van der Waals surface area contributed by atoms with Crippen molar-refractivity contribution in [2.24, 2.45) is 0 Å². The maximum Gasteiger partial charge on any atom is 0.326 e.